The summed E-state index contributed by atoms with van der Waals surface area (Å²) >= 11 is 0. The molecule has 0 atom stereocenters. The van der Waals surface area contributed by atoms with Gasteiger partial charge in [0.25, 0.3) is 5.91 Å². The van der Waals surface area contributed by atoms with E-state index in [9.17, 15) is 9.90 Å². The van der Waals surface area contributed by atoms with Crippen molar-refractivity contribution in [2.24, 2.45) is 7.05 Å². The van der Waals surface area contributed by atoms with Crippen molar-refractivity contribution in [2.75, 3.05) is 5.73 Å². The fraction of sp³-hybridized carbons (Fsp3) is 0.583. The van der Waals surface area contributed by atoms with Crippen LogP contribution in [0.2, 0.25) is 0 Å². The predicted octanol–water partition coefficient (Wildman–Crippen LogP) is 0.641. The third-order valence-corrected chi connectivity index (χ3v) is 3.29. The van der Waals surface area contributed by atoms with Crippen LogP contribution in [0, 0.1) is 0 Å². The number of nitrogens with zero attached hydrogens (tertiary/aromatic N) is 1. The molecule has 1 fully saturated rings. The number of carbonyl (C=O) groups is 1. The third-order valence-electron chi connectivity index (χ3n) is 3.29. The summed E-state index contributed by atoms with van der Waals surface area (Å²) in [7, 11) is 1.80. The number of carbonyl (C=O) groups excluding carboxylic acids is 1. The summed E-state index contributed by atoms with van der Waals surface area (Å²) in [4.78, 5) is 12.0. The molecule has 0 aliphatic heterocycles. The van der Waals surface area contributed by atoms with Gasteiger partial charge in [-0.1, -0.05) is 0 Å². The van der Waals surface area contributed by atoms with Crippen LogP contribution in [-0.2, 0) is 7.05 Å². The smallest absolute Gasteiger partial charge is 0.268 e. The predicted molar refractivity (Wildman–Crippen MR) is 65.6 cm³/mol. The molecule has 17 heavy (non-hydrogen) atoms. The van der Waals surface area contributed by atoms with Gasteiger partial charge in [-0.25, -0.2) is 0 Å². The number of rotatable bonds is 2. The van der Waals surface area contributed by atoms with E-state index < -0.39 is 0 Å². The van der Waals surface area contributed by atoms with Gasteiger partial charge in [0, 0.05) is 19.3 Å². The molecule has 1 aliphatic rings. The van der Waals surface area contributed by atoms with Gasteiger partial charge >= 0.3 is 0 Å². The van der Waals surface area contributed by atoms with E-state index in [0.29, 0.717) is 11.4 Å². The van der Waals surface area contributed by atoms with Crippen LogP contribution in [0.3, 0.4) is 0 Å². The van der Waals surface area contributed by atoms with Crippen LogP contribution in [0.25, 0.3) is 0 Å². The average molecular weight is 237 g/mol. The number of aliphatic hydroxyl groups is 1. The van der Waals surface area contributed by atoms with Gasteiger partial charge in [-0.2, -0.15) is 0 Å². The Morgan fingerprint density at radius 3 is 2.65 bits per heavy atom. The lowest BCUT2D eigenvalue weighted by Crippen LogP contribution is -2.39. The molecule has 94 valence electrons. The van der Waals surface area contributed by atoms with Gasteiger partial charge in [0.1, 0.15) is 5.69 Å². The molecule has 1 saturated carbocycles. The average Bonchev–Trinajstić information content (AvgIpc) is 2.61. The van der Waals surface area contributed by atoms with Crippen molar-refractivity contribution in [3.05, 3.63) is 18.0 Å². The maximum absolute atomic E-state index is 12.0. The molecule has 1 aromatic heterocycles. The van der Waals surface area contributed by atoms with Crippen molar-refractivity contribution in [3.8, 4) is 0 Å². The quantitative estimate of drug-likeness (QED) is 0.706. The van der Waals surface area contributed by atoms with Gasteiger partial charge in [-0.15, -0.1) is 0 Å². The van der Waals surface area contributed by atoms with E-state index in [1.807, 2.05) is 0 Å². The first kappa shape index (κ1) is 12.0. The van der Waals surface area contributed by atoms with Crippen LogP contribution < -0.4 is 11.1 Å². The lowest BCUT2D eigenvalue weighted by molar-refractivity contribution is 0.0860. The molecular weight excluding hydrogens is 218 g/mol. The summed E-state index contributed by atoms with van der Waals surface area (Å²) in [5.74, 6) is -0.0920. The van der Waals surface area contributed by atoms with Crippen molar-refractivity contribution < 1.29 is 9.90 Å². The number of nitrogen functional groups attached to an aromatic ring is 1. The highest BCUT2D eigenvalue weighted by atomic mass is 16.3. The molecule has 0 spiro atoms. The van der Waals surface area contributed by atoms with E-state index in [4.69, 9.17) is 5.73 Å². The Balaban J connectivity index is 1.95. The molecule has 5 nitrogen and oxygen atoms in total. The summed E-state index contributed by atoms with van der Waals surface area (Å²) in [6.07, 6.45) is 4.73. The van der Waals surface area contributed by atoms with Crippen molar-refractivity contribution in [2.45, 2.75) is 37.8 Å². The molecule has 2 rings (SSSR count). The number of anilines is 1. The minimum absolute atomic E-state index is 0.0920. The second kappa shape index (κ2) is 4.79. The van der Waals surface area contributed by atoms with E-state index in [-0.39, 0.29) is 18.1 Å². The molecule has 0 unspecified atom stereocenters. The van der Waals surface area contributed by atoms with Crippen LogP contribution in [-0.4, -0.2) is 27.7 Å². The Morgan fingerprint density at radius 2 is 2.12 bits per heavy atom. The lowest BCUT2D eigenvalue weighted by Gasteiger charge is -2.26. The Morgan fingerprint density at radius 1 is 1.47 bits per heavy atom. The maximum Gasteiger partial charge on any atom is 0.268 e. The van der Waals surface area contributed by atoms with Gasteiger partial charge < -0.3 is 20.7 Å². The SMILES string of the molecule is Cn1cc(N)cc1C(=O)NC1CCC(O)CC1. The van der Waals surface area contributed by atoms with E-state index in [1.165, 1.54) is 0 Å². The van der Waals surface area contributed by atoms with Crippen LogP contribution in [0.5, 0.6) is 0 Å². The Bertz CT molecular complexity index is 406. The summed E-state index contributed by atoms with van der Waals surface area (Å²) in [6, 6.07) is 1.84. The number of aryl methyl sites for hydroxylation is 1. The van der Waals surface area contributed by atoms with E-state index >= 15 is 0 Å². The molecule has 5 heteroatoms. The maximum atomic E-state index is 12.0. The first-order valence-electron chi connectivity index (χ1n) is 5.97. The van der Waals surface area contributed by atoms with E-state index in [1.54, 1.807) is 23.9 Å². The van der Waals surface area contributed by atoms with Crippen LogP contribution >= 0.6 is 0 Å². The highest BCUT2D eigenvalue weighted by Crippen LogP contribution is 2.19. The number of hydrogen-bond acceptors (Lipinski definition) is 3. The molecule has 0 aromatic carbocycles. The number of hydrogen-bond donors (Lipinski definition) is 3. The monoisotopic (exact) mass is 237 g/mol. The standard InChI is InChI=1S/C12H19N3O2/c1-15-7-8(13)6-11(15)12(17)14-9-2-4-10(16)5-3-9/h6-7,9-10,16H,2-5,13H2,1H3,(H,14,17). The zero-order valence-corrected chi connectivity index (χ0v) is 10.0. The van der Waals surface area contributed by atoms with Gasteiger partial charge in [0.15, 0.2) is 0 Å². The highest BCUT2D eigenvalue weighted by molar-refractivity contribution is 5.93. The molecule has 0 saturated heterocycles. The van der Waals surface area contributed by atoms with Crippen LogP contribution in [0.4, 0.5) is 5.69 Å². The fourth-order valence-corrected chi connectivity index (χ4v) is 2.30. The summed E-state index contributed by atoms with van der Waals surface area (Å²) in [5, 5.41) is 12.4. The lowest BCUT2D eigenvalue weighted by atomic mass is 9.93. The molecule has 0 radical (unpaired) electrons. The van der Waals surface area contributed by atoms with Crippen molar-refractivity contribution >= 4 is 11.6 Å². The normalized spacial score (nSPS) is 24.6. The number of nitrogens with two attached hydrogens (primary N) is 1. The molecule has 1 amide bonds. The first-order valence-corrected chi connectivity index (χ1v) is 5.97. The Hall–Kier alpha value is -1.49. The molecular formula is C12H19N3O2. The first-order chi connectivity index (χ1) is 8.06. The summed E-state index contributed by atoms with van der Waals surface area (Å²) < 4.78 is 1.72. The summed E-state index contributed by atoms with van der Waals surface area (Å²) in [5.41, 5.74) is 6.81. The second-order valence-corrected chi connectivity index (χ2v) is 4.75. The minimum atomic E-state index is -0.200. The zero-order valence-electron chi connectivity index (χ0n) is 10.0. The van der Waals surface area contributed by atoms with Gasteiger partial charge in [-0.3, -0.25) is 4.79 Å². The fourth-order valence-electron chi connectivity index (χ4n) is 2.30. The number of amides is 1. The molecule has 4 N–H and O–H groups in total. The highest BCUT2D eigenvalue weighted by Gasteiger charge is 2.22. The topological polar surface area (TPSA) is 80.3 Å². The molecule has 0 bridgehead atoms. The molecule has 1 heterocycles. The summed E-state index contributed by atoms with van der Waals surface area (Å²) in [6.45, 7) is 0. The number of aliphatic hydroxyl groups excluding tert-OH is 1. The van der Waals surface area contributed by atoms with E-state index in [0.717, 1.165) is 25.7 Å². The number of aromatic nitrogens is 1. The third kappa shape index (κ3) is 2.79. The van der Waals surface area contributed by atoms with Crippen LogP contribution in [0.1, 0.15) is 36.2 Å². The largest absolute Gasteiger partial charge is 0.397 e. The van der Waals surface area contributed by atoms with Gasteiger partial charge in [0.05, 0.1) is 11.8 Å². The van der Waals surface area contributed by atoms with Gasteiger partial charge in [-0.05, 0) is 31.7 Å². The van der Waals surface area contributed by atoms with Crippen molar-refractivity contribution in [1.82, 2.24) is 9.88 Å². The Labute approximate surface area is 101 Å². The Kier molecular flexibility index (Phi) is 3.38. The molecule has 1 aliphatic carbocycles. The molecule has 1 aromatic rings. The second-order valence-electron chi connectivity index (χ2n) is 4.75. The van der Waals surface area contributed by atoms with E-state index in [2.05, 4.69) is 5.32 Å². The minimum Gasteiger partial charge on any atom is -0.397 e. The van der Waals surface area contributed by atoms with Crippen molar-refractivity contribution in [3.63, 3.8) is 0 Å². The number of nitrogens with one attached hydrogen (secondary N) is 1. The van der Waals surface area contributed by atoms with Crippen LogP contribution in [0.15, 0.2) is 12.3 Å². The van der Waals surface area contributed by atoms with Crippen molar-refractivity contribution in [1.29, 1.82) is 0 Å². The zero-order chi connectivity index (χ0) is 12.4. The van der Waals surface area contributed by atoms with Gasteiger partial charge in [0.2, 0.25) is 0 Å².